The van der Waals surface area contributed by atoms with Gasteiger partial charge in [0.05, 0.1) is 33.3 Å². The van der Waals surface area contributed by atoms with E-state index in [0.29, 0.717) is 35.4 Å². The maximum absolute atomic E-state index is 13.3. The number of carbonyl (C=O) groups is 2. The van der Waals surface area contributed by atoms with E-state index in [2.05, 4.69) is 26.4 Å². The molecule has 8 bridgehead atoms. The highest BCUT2D eigenvalue weighted by molar-refractivity contribution is 9.10. The maximum Gasteiger partial charge on any atom is 0.269 e. The van der Waals surface area contributed by atoms with E-state index in [1.807, 2.05) is 37.7 Å². The Kier molecular flexibility index (Phi) is 9.05. The van der Waals surface area contributed by atoms with Crippen LogP contribution in [0.1, 0.15) is 91.9 Å². The molecule has 0 aromatic heterocycles. The Balaban J connectivity index is 0.000000151. The first-order valence-electron chi connectivity index (χ1n) is 19.5. The van der Waals surface area contributed by atoms with Crippen molar-refractivity contribution in [2.45, 2.75) is 114 Å². The van der Waals surface area contributed by atoms with Crippen LogP contribution in [0.25, 0.3) is 0 Å². The van der Waals surface area contributed by atoms with E-state index in [4.69, 9.17) is 0 Å². The minimum absolute atomic E-state index is 0.0123. The Labute approximate surface area is 319 Å². The van der Waals surface area contributed by atoms with Crippen LogP contribution < -0.4 is 10.4 Å². The summed E-state index contributed by atoms with van der Waals surface area (Å²) in [6.45, 7) is 7.64. The Morgan fingerprint density at radius 2 is 1.17 bits per heavy atom. The van der Waals surface area contributed by atoms with Gasteiger partial charge in [-0.2, -0.15) is 0 Å². The summed E-state index contributed by atoms with van der Waals surface area (Å²) in [5, 5.41) is 27.8. The zero-order valence-electron chi connectivity index (χ0n) is 31.0. The van der Waals surface area contributed by atoms with Gasteiger partial charge < -0.3 is 0 Å². The van der Waals surface area contributed by atoms with Crippen molar-refractivity contribution in [3.63, 3.8) is 0 Å². The molecular weight excluding hydrogens is 740 g/mol. The second-order valence-corrected chi connectivity index (χ2v) is 20.2. The average molecular weight is 792 g/mol. The molecule has 8 saturated carbocycles. The quantitative estimate of drug-likeness (QED) is 0.159. The second-order valence-electron chi connectivity index (χ2n) is 18.2. The molecule has 9 fully saturated rings. The minimum Gasteiger partial charge on any atom is -0.296 e. The summed E-state index contributed by atoms with van der Waals surface area (Å²) >= 11 is 3.54. The van der Waals surface area contributed by atoms with E-state index in [9.17, 15) is 29.8 Å². The summed E-state index contributed by atoms with van der Waals surface area (Å²) in [6, 6.07) is 13.4. The molecule has 2 amide bonds. The molecule has 0 spiro atoms. The summed E-state index contributed by atoms with van der Waals surface area (Å²) in [5.41, 5.74) is 4.43. The number of nitrogens with one attached hydrogen (secondary N) is 1. The van der Waals surface area contributed by atoms with Crippen molar-refractivity contribution in [2.75, 3.05) is 10.4 Å². The topological polar surface area (TPSA) is 142 Å². The van der Waals surface area contributed by atoms with E-state index in [0.717, 1.165) is 29.4 Å². The largest absolute Gasteiger partial charge is 0.296 e. The van der Waals surface area contributed by atoms with E-state index >= 15 is 0 Å². The zero-order chi connectivity index (χ0) is 37.6. The summed E-state index contributed by atoms with van der Waals surface area (Å²) in [6.07, 6.45) is 12.7. The van der Waals surface area contributed by atoms with Crippen molar-refractivity contribution in [3.05, 3.63) is 68.8 Å². The smallest absolute Gasteiger partial charge is 0.269 e. The lowest BCUT2D eigenvalue weighted by atomic mass is 9.53. The SMILES string of the molecule is CC(C)(Br)C(=O)N(Nc1ccc([N+](=O)[O-])cc1)C1C2CC3CC(C2)CC1C3.CC1(C)C(=O)N(C2C3CC4CC(C3)CC2C4)N1c1ccc([N+](=O)[O-])cc1. The monoisotopic (exact) mass is 790 g/mol. The first-order valence-corrected chi connectivity index (χ1v) is 20.3. The van der Waals surface area contributed by atoms with Crippen molar-refractivity contribution in [3.8, 4) is 0 Å². The normalized spacial score (nSPS) is 34.2. The lowest BCUT2D eigenvalue weighted by Crippen LogP contribution is -2.80. The fourth-order valence-corrected chi connectivity index (χ4v) is 12.3. The van der Waals surface area contributed by atoms with Gasteiger partial charge in [-0.25, -0.2) is 5.01 Å². The van der Waals surface area contributed by atoms with Gasteiger partial charge in [-0.1, -0.05) is 15.9 Å². The molecule has 53 heavy (non-hydrogen) atoms. The Bertz CT molecular complexity index is 1720. The number of halogens is 1. The van der Waals surface area contributed by atoms with Gasteiger partial charge in [0.1, 0.15) is 9.86 Å². The second kappa shape index (κ2) is 13.2. The van der Waals surface area contributed by atoms with Crippen LogP contribution in [0.5, 0.6) is 0 Å². The van der Waals surface area contributed by atoms with Crippen molar-refractivity contribution in [1.82, 2.24) is 10.0 Å². The molecule has 284 valence electrons. The van der Waals surface area contributed by atoms with Crippen molar-refractivity contribution < 1.29 is 19.4 Å². The average Bonchev–Trinajstić information content (AvgIpc) is 3.09. The molecule has 1 heterocycles. The minimum atomic E-state index is -0.671. The van der Waals surface area contributed by atoms with E-state index in [1.165, 1.54) is 88.5 Å². The predicted octanol–water partition coefficient (Wildman–Crippen LogP) is 8.51. The standard InChI is InChI=1S/C20H26BrN3O3.C20H25N3O3/c1-20(2,21)19(25)23(22-16-3-5-17(6-4-16)24(26)27)18-14-8-12-7-13(10-14)11-15(18)9-12;1-20(2)19(24)21(22(20)16-3-5-17(6-4-16)23(25)26)18-14-8-12-7-13(10-14)11-15(18)9-12/h3-6,12-15,18,22H,7-11H2,1-2H3;3-6,12-15,18H,7-11H2,1-2H3. The highest BCUT2D eigenvalue weighted by Gasteiger charge is 2.61. The molecule has 11 rings (SSSR count). The van der Waals surface area contributed by atoms with Crippen LogP contribution in [-0.2, 0) is 9.59 Å². The number of rotatable bonds is 8. The summed E-state index contributed by atoms with van der Waals surface area (Å²) in [7, 11) is 0. The number of nitrogens with zero attached hydrogens (tertiary/aromatic N) is 5. The number of hydrogen-bond donors (Lipinski definition) is 1. The molecule has 0 unspecified atom stereocenters. The number of amides is 2. The highest BCUT2D eigenvalue weighted by Crippen LogP contribution is 2.58. The van der Waals surface area contributed by atoms with Gasteiger partial charge in [0.25, 0.3) is 23.2 Å². The van der Waals surface area contributed by atoms with Crippen LogP contribution >= 0.6 is 15.9 Å². The van der Waals surface area contributed by atoms with Crippen LogP contribution in [0, 0.1) is 67.6 Å². The van der Waals surface area contributed by atoms with Crippen molar-refractivity contribution >= 4 is 50.5 Å². The fraction of sp³-hybridized carbons (Fsp3) is 0.650. The number of alkyl halides is 1. The van der Waals surface area contributed by atoms with Crippen LogP contribution in [0.3, 0.4) is 0 Å². The first-order chi connectivity index (χ1) is 25.1. The molecule has 0 atom stereocenters. The Hall–Kier alpha value is -3.74. The van der Waals surface area contributed by atoms with Crippen LogP contribution in [0.4, 0.5) is 22.7 Å². The molecule has 13 heteroatoms. The molecule has 1 saturated heterocycles. The van der Waals surface area contributed by atoms with Crippen molar-refractivity contribution in [1.29, 1.82) is 0 Å². The number of hydrogen-bond acceptors (Lipinski definition) is 8. The van der Waals surface area contributed by atoms with Crippen LogP contribution in [0.15, 0.2) is 48.5 Å². The maximum atomic E-state index is 13.3. The number of non-ortho nitro benzene ring substituents is 2. The van der Waals surface area contributed by atoms with E-state index < -0.39 is 14.8 Å². The number of hydrazine groups is 2. The summed E-state index contributed by atoms with van der Waals surface area (Å²) in [4.78, 5) is 47.4. The van der Waals surface area contributed by atoms with Gasteiger partial charge in [0, 0.05) is 24.3 Å². The number of carbonyl (C=O) groups excluding carboxylic acids is 2. The molecule has 9 aliphatic rings. The highest BCUT2D eigenvalue weighted by atomic mass is 79.9. The van der Waals surface area contributed by atoms with E-state index in [1.54, 1.807) is 24.3 Å². The lowest BCUT2D eigenvalue weighted by molar-refractivity contribution is -0.385. The Morgan fingerprint density at radius 1 is 0.755 bits per heavy atom. The Morgan fingerprint density at radius 3 is 1.58 bits per heavy atom. The number of nitro groups is 2. The lowest BCUT2D eigenvalue weighted by Gasteiger charge is -2.65. The summed E-state index contributed by atoms with van der Waals surface area (Å²) < 4.78 is -0.671. The van der Waals surface area contributed by atoms with Crippen molar-refractivity contribution in [2.24, 2.45) is 47.3 Å². The molecule has 1 N–H and O–H groups in total. The fourth-order valence-electron chi connectivity index (χ4n) is 12.1. The van der Waals surface area contributed by atoms with Gasteiger partial charge in [-0.15, -0.1) is 0 Å². The molecule has 0 radical (unpaired) electrons. The molecule has 1 aliphatic heterocycles. The third kappa shape index (κ3) is 6.48. The number of anilines is 2. The molecule has 12 nitrogen and oxygen atoms in total. The van der Waals surface area contributed by atoms with E-state index in [-0.39, 0.29) is 34.2 Å². The molecular formula is C40H51BrN6O6. The molecule has 2 aromatic carbocycles. The van der Waals surface area contributed by atoms with Crippen LogP contribution in [-0.4, -0.2) is 53.6 Å². The zero-order valence-corrected chi connectivity index (χ0v) is 32.6. The molecule has 8 aliphatic carbocycles. The number of benzene rings is 2. The third-order valence-electron chi connectivity index (χ3n) is 13.8. The third-order valence-corrected chi connectivity index (χ3v) is 14.1. The predicted molar refractivity (Wildman–Crippen MR) is 205 cm³/mol. The first kappa shape index (κ1) is 36.2. The number of nitro benzene ring substituents is 2. The van der Waals surface area contributed by atoms with Gasteiger partial charge >= 0.3 is 0 Å². The van der Waals surface area contributed by atoms with Crippen LogP contribution in [0.2, 0.25) is 0 Å². The van der Waals surface area contributed by atoms with Gasteiger partial charge in [-0.05, 0) is 164 Å². The summed E-state index contributed by atoms with van der Waals surface area (Å²) in [5.74, 6) is 5.92. The molecule has 2 aromatic rings. The van der Waals surface area contributed by atoms with Gasteiger partial charge in [-0.3, -0.25) is 45.3 Å². The van der Waals surface area contributed by atoms with Gasteiger partial charge in [0.2, 0.25) is 0 Å². The van der Waals surface area contributed by atoms with Gasteiger partial charge in [0.15, 0.2) is 0 Å².